The molecule has 0 spiro atoms. The number of aliphatic carboxylic acids is 2. The van der Waals surface area contributed by atoms with Gasteiger partial charge in [-0.2, -0.15) is 0 Å². The van der Waals surface area contributed by atoms with Crippen LogP contribution in [-0.2, 0) is 29.4 Å². The van der Waals surface area contributed by atoms with Gasteiger partial charge in [-0.25, -0.2) is 21.6 Å². The lowest BCUT2D eigenvalue weighted by molar-refractivity contribution is -0.140. The Morgan fingerprint density at radius 2 is 1.65 bits per heavy atom. The van der Waals surface area contributed by atoms with E-state index in [0.29, 0.717) is 0 Å². The van der Waals surface area contributed by atoms with Crippen molar-refractivity contribution in [1.29, 1.82) is 0 Å². The smallest absolute Gasteiger partial charge is 0.321 e. The van der Waals surface area contributed by atoms with Crippen LogP contribution in [0.25, 0.3) is 0 Å². The third-order valence-corrected chi connectivity index (χ3v) is 4.82. The molecule has 0 bridgehead atoms. The van der Waals surface area contributed by atoms with Crippen LogP contribution in [0.15, 0.2) is 0 Å². The molecule has 0 fully saturated rings. The summed E-state index contributed by atoms with van der Waals surface area (Å²) in [6, 6.07) is -1.47. The second-order valence-corrected chi connectivity index (χ2v) is 8.38. The average molecular weight is 331 g/mol. The molecule has 0 rings (SSSR count). The molecule has 3 N–H and O–H groups in total. The highest BCUT2D eigenvalue weighted by Gasteiger charge is 2.24. The zero-order chi connectivity index (χ0) is 16.0. The topological polar surface area (TPSA) is 155 Å². The SMILES string of the molecule is CS(=O)(=O)CCS(=O)(=O)N[C@H](CCCC(=O)O)C(=O)O. The fraction of sp³-hybridized carbons (Fsp3) is 0.778. The third-order valence-electron chi connectivity index (χ3n) is 2.23. The van der Waals surface area contributed by atoms with E-state index in [-0.39, 0.29) is 19.3 Å². The maximum absolute atomic E-state index is 11.5. The number of nitrogens with one attached hydrogen (secondary N) is 1. The van der Waals surface area contributed by atoms with Gasteiger partial charge in [0.1, 0.15) is 15.9 Å². The van der Waals surface area contributed by atoms with Crippen molar-refractivity contribution in [3.63, 3.8) is 0 Å². The fourth-order valence-electron chi connectivity index (χ4n) is 1.23. The van der Waals surface area contributed by atoms with Crippen LogP contribution >= 0.6 is 0 Å². The molecule has 118 valence electrons. The van der Waals surface area contributed by atoms with Gasteiger partial charge in [-0.3, -0.25) is 9.59 Å². The monoisotopic (exact) mass is 331 g/mol. The Kier molecular flexibility index (Phi) is 7.09. The summed E-state index contributed by atoms with van der Waals surface area (Å²) in [4.78, 5) is 21.2. The molecule has 9 nitrogen and oxygen atoms in total. The summed E-state index contributed by atoms with van der Waals surface area (Å²) >= 11 is 0. The molecule has 20 heavy (non-hydrogen) atoms. The Balaban J connectivity index is 4.57. The minimum Gasteiger partial charge on any atom is -0.481 e. The van der Waals surface area contributed by atoms with E-state index in [2.05, 4.69) is 0 Å². The molecular formula is C9H17NO8S2. The van der Waals surface area contributed by atoms with Gasteiger partial charge in [0, 0.05) is 12.7 Å². The van der Waals surface area contributed by atoms with Crippen LogP contribution < -0.4 is 4.72 Å². The first-order valence-corrected chi connectivity index (χ1v) is 9.26. The Morgan fingerprint density at radius 1 is 1.10 bits per heavy atom. The van der Waals surface area contributed by atoms with E-state index in [1.165, 1.54) is 0 Å². The number of sulfone groups is 1. The normalized spacial score (nSPS) is 13.8. The minimum absolute atomic E-state index is 0.0130. The van der Waals surface area contributed by atoms with E-state index >= 15 is 0 Å². The predicted molar refractivity (Wildman–Crippen MR) is 69.5 cm³/mol. The second-order valence-electron chi connectivity index (χ2n) is 4.24. The van der Waals surface area contributed by atoms with Crippen molar-refractivity contribution in [1.82, 2.24) is 4.72 Å². The van der Waals surface area contributed by atoms with Crippen LogP contribution in [-0.4, -0.2) is 62.8 Å². The van der Waals surface area contributed by atoms with Crippen molar-refractivity contribution in [3.05, 3.63) is 0 Å². The highest BCUT2D eigenvalue weighted by atomic mass is 32.2. The number of carboxylic acid groups (broad SMARTS) is 2. The molecule has 0 aliphatic heterocycles. The lowest BCUT2D eigenvalue weighted by Crippen LogP contribution is -2.42. The first kappa shape index (κ1) is 18.8. The molecule has 1 atom stereocenters. The maximum Gasteiger partial charge on any atom is 0.321 e. The van der Waals surface area contributed by atoms with Crippen LogP contribution in [0.1, 0.15) is 19.3 Å². The van der Waals surface area contributed by atoms with Crippen LogP contribution in [0.2, 0.25) is 0 Å². The molecule has 0 unspecified atom stereocenters. The highest BCUT2D eigenvalue weighted by Crippen LogP contribution is 2.04. The maximum atomic E-state index is 11.5. The van der Waals surface area contributed by atoms with Crippen LogP contribution in [0, 0.1) is 0 Å². The van der Waals surface area contributed by atoms with Crippen molar-refractivity contribution in [2.45, 2.75) is 25.3 Å². The van der Waals surface area contributed by atoms with Gasteiger partial charge in [0.15, 0.2) is 0 Å². The van der Waals surface area contributed by atoms with Crippen molar-refractivity contribution < 1.29 is 36.6 Å². The number of carboxylic acids is 2. The molecule has 0 radical (unpaired) electrons. The summed E-state index contributed by atoms with van der Waals surface area (Å²) in [5.41, 5.74) is 0. The summed E-state index contributed by atoms with van der Waals surface area (Å²) in [6.45, 7) is 0. The molecule has 0 heterocycles. The summed E-state index contributed by atoms with van der Waals surface area (Å²) in [5.74, 6) is -3.93. The van der Waals surface area contributed by atoms with Crippen molar-refractivity contribution in [3.8, 4) is 0 Å². The molecule has 11 heteroatoms. The van der Waals surface area contributed by atoms with E-state index in [4.69, 9.17) is 10.2 Å². The van der Waals surface area contributed by atoms with Gasteiger partial charge < -0.3 is 10.2 Å². The van der Waals surface area contributed by atoms with E-state index in [1.54, 1.807) is 0 Å². The number of sulfonamides is 1. The van der Waals surface area contributed by atoms with Gasteiger partial charge in [-0.15, -0.1) is 0 Å². The van der Waals surface area contributed by atoms with Crippen LogP contribution in [0.5, 0.6) is 0 Å². The third kappa shape index (κ3) is 9.69. The predicted octanol–water partition coefficient (Wildman–Crippen LogP) is -1.34. The van der Waals surface area contributed by atoms with Crippen molar-refractivity contribution >= 4 is 31.8 Å². The van der Waals surface area contributed by atoms with Crippen LogP contribution in [0.3, 0.4) is 0 Å². The molecule has 0 saturated carbocycles. The van der Waals surface area contributed by atoms with Gasteiger partial charge in [0.25, 0.3) is 0 Å². The lowest BCUT2D eigenvalue weighted by atomic mass is 10.1. The van der Waals surface area contributed by atoms with Crippen molar-refractivity contribution in [2.24, 2.45) is 0 Å². The number of carbonyl (C=O) groups is 2. The second kappa shape index (κ2) is 7.55. The molecular weight excluding hydrogens is 314 g/mol. The van der Waals surface area contributed by atoms with Gasteiger partial charge >= 0.3 is 11.9 Å². The first-order valence-electron chi connectivity index (χ1n) is 5.55. The van der Waals surface area contributed by atoms with E-state index in [9.17, 15) is 26.4 Å². The lowest BCUT2D eigenvalue weighted by Gasteiger charge is -2.14. The summed E-state index contributed by atoms with van der Waals surface area (Å²) in [7, 11) is -7.55. The van der Waals surface area contributed by atoms with Gasteiger partial charge in [0.05, 0.1) is 11.5 Å². The quantitative estimate of drug-likeness (QED) is 0.444. The summed E-state index contributed by atoms with van der Waals surface area (Å²) in [6.07, 6.45) is 0.375. The number of hydrogen-bond acceptors (Lipinski definition) is 6. The molecule has 0 aromatic carbocycles. The Labute approximate surface area is 117 Å². The molecule has 0 aromatic heterocycles. The molecule has 0 aliphatic rings. The van der Waals surface area contributed by atoms with Gasteiger partial charge in [-0.05, 0) is 12.8 Å². The Hall–Kier alpha value is -1.20. The van der Waals surface area contributed by atoms with E-state index in [0.717, 1.165) is 6.26 Å². The minimum atomic E-state index is -4.07. The van der Waals surface area contributed by atoms with Gasteiger partial charge in [0.2, 0.25) is 10.0 Å². The number of rotatable bonds is 10. The first-order chi connectivity index (χ1) is 8.93. The van der Waals surface area contributed by atoms with E-state index < -0.39 is 49.3 Å². The highest BCUT2D eigenvalue weighted by molar-refractivity contribution is 7.93. The molecule has 0 aromatic rings. The zero-order valence-electron chi connectivity index (χ0n) is 10.8. The largest absolute Gasteiger partial charge is 0.481 e. The van der Waals surface area contributed by atoms with Crippen molar-refractivity contribution in [2.75, 3.05) is 17.8 Å². The molecule has 0 saturated heterocycles. The number of hydrogen-bond donors (Lipinski definition) is 3. The van der Waals surface area contributed by atoms with E-state index in [1.807, 2.05) is 4.72 Å². The Morgan fingerprint density at radius 3 is 2.05 bits per heavy atom. The summed E-state index contributed by atoms with van der Waals surface area (Å²) < 4.78 is 46.7. The molecule has 0 amide bonds. The van der Waals surface area contributed by atoms with Gasteiger partial charge in [-0.1, -0.05) is 0 Å². The molecule has 0 aliphatic carbocycles. The fourth-order valence-corrected chi connectivity index (χ4v) is 4.09. The standard InChI is InChI=1S/C9H17NO8S2/c1-19(15,16)5-6-20(17,18)10-7(9(13)14)3-2-4-8(11)12/h7,10H,2-6H2,1H3,(H,11,12)(H,13,14)/t7-/m1/s1. The average Bonchev–Trinajstić information content (AvgIpc) is 2.23. The zero-order valence-corrected chi connectivity index (χ0v) is 12.4. The van der Waals surface area contributed by atoms with Crippen LogP contribution in [0.4, 0.5) is 0 Å². The Bertz CT molecular complexity index is 550. The summed E-state index contributed by atoms with van der Waals surface area (Å²) in [5, 5.41) is 17.3.